The minimum absolute atomic E-state index is 0.0667. The van der Waals surface area contributed by atoms with E-state index >= 15 is 0 Å². The summed E-state index contributed by atoms with van der Waals surface area (Å²) >= 11 is 0. The average molecular weight is 276 g/mol. The maximum absolute atomic E-state index is 12.2. The fraction of sp³-hybridized carbons (Fsp3) is 0.588. The topological polar surface area (TPSA) is 35.5 Å². The molecule has 3 heteroatoms. The third kappa shape index (κ3) is 3.90. The van der Waals surface area contributed by atoms with Gasteiger partial charge in [0, 0.05) is 23.3 Å². The van der Waals surface area contributed by atoms with E-state index in [9.17, 15) is 4.79 Å². The van der Waals surface area contributed by atoms with Gasteiger partial charge in [0.1, 0.15) is 0 Å². The summed E-state index contributed by atoms with van der Waals surface area (Å²) in [6, 6.07) is 7.70. The van der Waals surface area contributed by atoms with Gasteiger partial charge < -0.3 is 9.47 Å². The van der Waals surface area contributed by atoms with E-state index in [1.807, 2.05) is 38.1 Å². The van der Waals surface area contributed by atoms with Crippen LogP contribution in [0.5, 0.6) is 0 Å². The molecule has 20 heavy (non-hydrogen) atoms. The first-order valence-corrected chi connectivity index (χ1v) is 7.20. The predicted molar refractivity (Wildman–Crippen MR) is 78.8 cm³/mol. The Balaban J connectivity index is 1.90. The van der Waals surface area contributed by atoms with Gasteiger partial charge in [0.2, 0.25) is 0 Å². The Bertz CT molecular complexity index is 452. The maximum atomic E-state index is 12.2. The molecule has 0 radical (unpaired) electrons. The summed E-state index contributed by atoms with van der Waals surface area (Å²) in [5.74, 6) is 0.217. The van der Waals surface area contributed by atoms with Crippen LogP contribution in [0.15, 0.2) is 24.3 Å². The van der Waals surface area contributed by atoms with Crippen molar-refractivity contribution in [2.45, 2.75) is 40.4 Å². The summed E-state index contributed by atoms with van der Waals surface area (Å²) in [5.41, 5.74) is 1.99. The second kappa shape index (κ2) is 6.06. The van der Waals surface area contributed by atoms with Gasteiger partial charge in [-0.3, -0.25) is 4.79 Å². The maximum Gasteiger partial charge on any atom is 0.163 e. The molecule has 1 aliphatic rings. The molecule has 1 unspecified atom stereocenters. The molecule has 1 aromatic carbocycles. The van der Waals surface area contributed by atoms with Crippen LogP contribution < -0.4 is 0 Å². The lowest BCUT2D eigenvalue weighted by Crippen LogP contribution is -2.41. The van der Waals surface area contributed by atoms with Crippen molar-refractivity contribution < 1.29 is 14.3 Å². The van der Waals surface area contributed by atoms with Crippen LogP contribution in [0.2, 0.25) is 0 Å². The van der Waals surface area contributed by atoms with Crippen LogP contribution in [0, 0.1) is 18.3 Å². The number of carbonyl (C=O) groups excluding carboxylic acids is 1. The Morgan fingerprint density at radius 1 is 1.25 bits per heavy atom. The minimum atomic E-state index is -0.266. The molecule has 0 aliphatic carbocycles. The number of rotatable bonds is 4. The van der Waals surface area contributed by atoms with Crippen LogP contribution in [0.25, 0.3) is 0 Å². The van der Waals surface area contributed by atoms with Crippen LogP contribution in [0.3, 0.4) is 0 Å². The molecule has 1 saturated heterocycles. The summed E-state index contributed by atoms with van der Waals surface area (Å²) in [7, 11) is 0. The van der Waals surface area contributed by atoms with E-state index in [-0.39, 0.29) is 23.4 Å². The Morgan fingerprint density at radius 3 is 2.35 bits per heavy atom. The van der Waals surface area contributed by atoms with Crippen LogP contribution in [0.1, 0.15) is 43.1 Å². The third-order valence-electron chi connectivity index (χ3n) is 3.62. The van der Waals surface area contributed by atoms with Gasteiger partial charge in [-0.1, -0.05) is 50.6 Å². The Labute approximate surface area is 121 Å². The fourth-order valence-corrected chi connectivity index (χ4v) is 2.28. The molecule has 1 aromatic rings. The van der Waals surface area contributed by atoms with E-state index in [1.165, 1.54) is 0 Å². The summed E-state index contributed by atoms with van der Waals surface area (Å²) in [6.07, 6.45) is 0.186. The molecule has 3 nitrogen and oxygen atoms in total. The summed E-state index contributed by atoms with van der Waals surface area (Å²) in [6.45, 7) is 9.62. The van der Waals surface area contributed by atoms with E-state index in [2.05, 4.69) is 13.8 Å². The largest absolute Gasteiger partial charge is 0.352 e. The normalized spacial score (nSPS) is 20.6. The van der Waals surface area contributed by atoms with Gasteiger partial charge in [-0.15, -0.1) is 0 Å². The highest BCUT2D eigenvalue weighted by Crippen LogP contribution is 2.27. The van der Waals surface area contributed by atoms with Crippen molar-refractivity contribution in [2.75, 3.05) is 13.2 Å². The molecule has 110 valence electrons. The molecule has 1 heterocycles. The molecule has 2 rings (SSSR count). The first kappa shape index (κ1) is 15.2. The Hall–Kier alpha value is -1.19. The van der Waals surface area contributed by atoms with Gasteiger partial charge >= 0.3 is 0 Å². The highest BCUT2D eigenvalue weighted by Gasteiger charge is 2.32. The quantitative estimate of drug-likeness (QED) is 0.788. The number of hydrogen-bond acceptors (Lipinski definition) is 3. The number of ether oxygens (including phenoxy) is 2. The van der Waals surface area contributed by atoms with Crippen molar-refractivity contribution in [2.24, 2.45) is 11.3 Å². The van der Waals surface area contributed by atoms with Crippen LogP contribution in [0.4, 0.5) is 0 Å². The number of ketones is 1. The van der Waals surface area contributed by atoms with Crippen molar-refractivity contribution >= 4 is 5.78 Å². The molecule has 1 aliphatic heterocycles. The second-order valence-corrected chi connectivity index (χ2v) is 6.63. The summed E-state index contributed by atoms with van der Waals surface area (Å²) < 4.78 is 11.5. The van der Waals surface area contributed by atoms with Crippen LogP contribution in [-0.2, 0) is 9.47 Å². The molecular weight excluding hydrogens is 252 g/mol. The van der Waals surface area contributed by atoms with Crippen LogP contribution >= 0.6 is 0 Å². The molecule has 0 N–H and O–H groups in total. The van der Waals surface area contributed by atoms with Crippen molar-refractivity contribution in [3.05, 3.63) is 35.4 Å². The highest BCUT2D eigenvalue weighted by atomic mass is 16.7. The lowest BCUT2D eigenvalue weighted by atomic mass is 9.94. The SMILES string of the molecule is Cc1ccc(C(=O)CC(C)C2OCC(C)(C)CO2)cc1. The standard InChI is InChI=1S/C17H24O3/c1-12-5-7-14(8-6-12)15(18)9-13(2)16-19-10-17(3,4)11-20-16/h5-8,13,16H,9-11H2,1-4H3. The van der Waals surface area contributed by atoms with E-state index in [4.69, 9.17) is 9.47 Å². The Kier molecular flexibility index (Phi) is 4.61. The van der Waals surface area contributed by atoms with Crippen LogP contribution in [-0.4, -0.2) is 25.3 Å². The molecule has 1 atom stereocenters. The Morgan fingerprint density at radius 2 is 1.80 bits per heavy atom. The van der Waals surface area contributed by atoms with Gasteiger partial charge in [0.05, 0.1) is 13.2 Å². The molecule has 1 fully saturated rings. The number of aryl methyl sites for hydroxylation is 1. The van der Waals surface area contributed by atoms with E-state index in [1.54, 1.807) is 0 Å². The number of carbonyl (C=O) groups is 1. The van der Waals surface area contributed by atoms with Crippen molar-refractivity contribution in [3.8, 4) is 0 Å². The number of hydrogen-bond donors (Lipinski definition) is 0. The first-order valence-electron chi connectivity index (χ1n) is 7.20. The van der Waals surface area contributed by atoms with E-state index < -0.39 is 0 Å². The lowest BCUT2D eigenvalue weighted by molar-refractivity contribution is -0.240. The molecule has 0 aromatic heterocycles. The zero-order chi connectivity index (χ0) is 14.8. The molecule has 0 bridgehead atoms. The molecule has 0 spiro atoms. The van der Waals surface area contributed by atoms with Gasteiger partial charge in [0.25, 0.3) is 0 Å². The molecular formula is C17H24O3. The number of Topliss-reactive ketones (excluding diaryl/α,β-unsaturated/α-hetero) is 1. The van der Waals surface area contributed by atoms with Gasteiger partial charge in [-0.25, -0.2) is 0 Å². The van der Waals surface area contributed by atoms with Crippen molar-refractivity contribution in [1.82, 2.24) is 0 Å². The average Bonchev–Trinajstić information content (AvgIpc) is 2.39. The van der Waals surface area contributed by atoms with E-state index in [0.29, 0.717) is 19.6 Å². The third-order valence-corrected chi connectivity index (χ3v) is 3.62. The minimum Gasteiger partial charge on any atom is -0.352 e. The van der Waals surface area contributed by atoms with Gasteiger partial charge in [-0.2, -0.15) is 0 Å². The number of benzene rings is 1. The second-order valence-electron chi connectivity index (χ2n) is 6.63. The van der Waals surface area contributed by atoms with E-state index in [0.717, 1.165) is 11.1 Å². The molecule has 0 amide bonds. The zero-order valence-electron chi connectivity index (χ0n) is 12.8. The van der Waals surface area contributed by atoms with Gasteiger partial charge in [0.15, 0.2) is 12.1 Å². The lowest BCUT2D eigenvalue weighted by Gasteiger charge is -2.37. The smallest absolute Gasteiger partial charge is 0.163 e. The molecule has 0 saturated carbocycles. The van der Waals surface area contributed by atoms with Crippen molar-refractivity contribution in [3.63, 3.8) is 0 Å². The predicted octanol–water partition coefficient (Wildman–Crippen LogP) is 3.60. The fourth-order valence-electron chi connectivity index (χ4n) is 2.28. The van der Waals surface area contributed by atoms with Crippen molar-refractivity contribution in [1.29, 1.82) is 0 Å². The summed E-state index contributed by atoms with van der Waals surface area (Å²) in [4.78, 5) is 12.2. The monoisotopic (exact) mass is 276 g/mol. The van der Waals surface area contributed by atoms with Gasteiger partial charge in [-0.05, 0) is 6.92 Å². The zero-order valence-corrected chi connectivity index (χ0v) is 12.8. The highest BCUT2D eigenvalue weighted by molar-refractivity contribution is 5.96. The first-order chi connectivity index (χ1) is 9.37. The summed E-state index contributed by atoms with van der Waals surface area (Å²) in [5, 5.41) is 0.